The normalized spacial score (nSPS) is 10.4. The zero-order valence-electron chi connectivity index (χ0n) is 9.95. The molecule has 0 bridgehead atoms. The SMILES string of the molecule is CCC.CCS(=O)(=O)c1ccc(C)cc1. The summed E-state index contributed by atoms with van der Waals surface area (Å²) in [4.78, 5) is 0.413. The van der Waals surface area contributed by atoms with Crippen molar-refractivity contribution in [3.63, 3.8) is 0 Å². The summed E-state index contributed by atoms with van der Waals surface area (Å²) in [5.41, 5.74) is 1.07. The Hall–Kier alpha value is -0.830. The molecule has 0 radical (unpaired) electrons. The summed E-state index contributed by atoms with van der Waals surface area (Å²) < 4.78 is 22.6. The smallest absolute Gasteiger partial charge is 0.178 e. The summed E-state index contributed by atoms with van der Waals surface area (Å²) >= 11 is 0. The number of rotatable bonds is 2. The van der Waals surface area contributed by atoms with Crippen LogP contribution in [0.15, 0.2) is 29.2 Å². The van der Waals surface area contributed by atoms with Crippen molar-refractivity contribution in [2.24, 2.45) is 0 Å². The summed E-state index contributed by atoms with van der Waals surface area (Å²) in [5.74, 6) is 0.163. The molecular formula is C12H20O2S. The van der Waals surface area contributed by atoms with Gasteiger partial charge in [0.1, 0.15) is 0 Å². The molecule has 0 amide bonds. The number of benzene rings is 1. The van der Waals surface area contributed by atoms with Crippen LogP contribution >= 0.6 is 0 Å². The maximum Gasteiger partial charge on any atom is 0.178 e. The Kier molecular flexibility index (Phi) is 6.25. The zero-order chi connectivity index (χ0) is 11.9. The van der Waals surface area contributed by atoms with E-state index in [1.807, 2.05) is 19.1 Å². The van der Waals surface area contributed by atoms with E-state index in [0.29, 0.717) is 4.90 Å². The van der Waals surface area contributed by atoms with Crippen molar-refractivity contribution in [1.29, 1.82) is 0 Å². The van der Waals surface area contributed by atoms with Crippen LogP contribution in [-0.2, 0) is 9.84 Å². The molecule has 0 atom stereocenters. The summed E-state index contributed by atoms with van der Waals surface area (Å²) in [6, 6.07) is 6.91. The Balaban J connectivity index is 0.000000583. The van der Waals surface area contributed by atoms with Gasteiger partial charge in [-0.25, -0.2) is 8.42 Å². The Morgan fingerprint density at radius 1 is 1.00 bits per heavy atom. The van der Waals surface area contributed by atoms with E-state index in [1.54, 1.807) is 19.1 Å². The molecule has 0 aliphatic carbocycles. The summed E-state index contributed by atoms with van der Waals surface area (Å²) in [5, 5.41) is 0. The molecule has 1 aromatic rings. The number of hydrogen-bond acceptors (Lipinski definition) is 2. The van der Waals surface area contributed by atoms with Gasteiger partial charge in [0, 0.05) is 0 Å². The van der Waals surface area contributed by atoms with Crippen LogP contribution in [-0.4, -0.2) is 14.2 Å². The maximum absolute atomic E-state index is 11.3. The highest BCUT2D eigenvalue weighted by Crippen LogP contribution is 2.11. The van der Waals surface area contributed by atoms with Gasteiger partial charge in [-0.2, -0.15) is 0 Å². The van der Waals surface area contributed by atoms with Crippen molar-refractivity contribution in [3.05, 3.63) is 29.8 Å². The van der Waals surface area contributed by atoms with Crippen LogP contribution < -0.4 is 0 Å². The lowest BCUT2D eigenvalue weighted by molar-refractivity contribution is 0.597. The van der Waals surface area contributed by atoms with Crippen LogP contribution in [0.1, 0.15) is 32.8 Å². The van der Waals surface area contributed by atoms with Crippen molar-refractivity contribution in [2.75, 3.05) is 5.75 Å². The second-order valence-corrected chi connectivity index (χ2v) is 5.70. The predicted octanol–water partition coefficient (Wildman–Crippen LogP) is 3.20. The van der Waals surface area contributed by atoms with E-state index in [9.17, 15) is 8.42 Å². The minimum absolute atomic E-state index is 0.163. The zero-order valence-corrected chi connectivity index (χ0v) is 10.8. The third-order valence-electron chi connectivity index (χ3n) is 1.76. The molecule has 0 aromatic heterocycles. The number of sulfone groups is 1. The summed E-state index contributed by atoms with van der Waals surface area (Å²) in [6.07, 6.45) is 1.25. The third-order valence-corrected chi connectivity index (χ3v) is 3.51. The van der Waals surface area contributed by atoms with Crippen LogP contribution in [0.5, 0.6) is 0 Å². The molecule has 0 aliphatic rings. The minimum Gasteiger partial charge on any atom is -0.224 e. The van der Waals surface area contributed by atoms with Gasteiger partial charge in [-0.3, -0.25) is 0 Å². The van der Waals surface area contributed by atoms with E-state index >= 15 is 0 Å². The second kappa shape index (κ2) is 6.62. The van der Waals surface area contributed by atoms with E-state index in [1.165, 1.54) is 6.42 Å². The molecule has 0 heterocycles. The molecule has 0 saturated heterocycles. The van der Waals surface area contributed by atoms with E-state index in [-0.39, 0.29) is 5.75 Å². The highest BCUT2D eigenvalue weighted by molar-refractivity contribution is 7.91. The Morgan fingerprint density at radius 2 is 1.40 bits per heavy atom. The number of aryl methyl sites for hydroxylation is 1. The van der Waals surface area contributed by atoms with Crippen molar-refractivity contribution >= 4 is 9.84 Å². The van der Waals surface area contributed by atoms with Crippen molar-refractivity contribution in [3.8, 4) is 0 Å². The molecular weight excluding hydrogens is 208 g/mol. The molecule has 15 heavy (non-hydrogen) atoms. The van der Waals surface area contributed by atoms with Crippen molar-refractivity contribution in [2.45, 2.75) is 39.0 Å². The van der Waals surface area contributed by atoms with Gasteiger partial charge < -0.3 is 0 Å². The molecule has 2 nitrogen and oxygen atoms in total. The van der Waals surface area contributed by atoms with Crippen LogP contribution in [0.3, 0.4) is 0 Å². The predicted molar refractivity (Wildman–Crippen MR) is 64.9 cm³/mol. The van der Waals surface area contributed by atoms with E-state index < -0.39 is 9.84 Å². The largest absolute Gasteiger partial charge is 0.224 e. The Labute approximate surface area is 93.3 Å². The minimum atomic E-state index is -3.01. The van der Waals surface area contributed by atoms with Gasteiger partial charge in [0.2, 0.25) is 0 Å². The first-order valence-electron chi connectivity index (χ1n) is 5.27. The lowest BCUT2D eigenvalue weighted by Crippen LogP contribution is -2.02. The highest BCUT2D eigenvalue weighted by Gasteiger charge is 2.09. The van der Waals surface area contributed by atoms with Gasteiger partial charge >= 0.3 is 0 Å². The van der Waals surface area contributed by atoms with Gasteiger partial charge in [0.05, 0.1) is 10.6 Å². The topological polar surface area (TPSA) is 34.1 Å². The van der Waals surface area contributed by atoms with Crippen molar-refractivity contribution < 1.29 is 8.42 Å². The Morgan fingerprint density at radius 3 is 1.73 bits per heavy atom. The van der Waals surface area contributed by atoms with Gasteiger partial charge in [-0.05, 0) is 19.1 Å². The average Bonchev–Trinajstić information content (AvgIpc) is 2.20. The van der Waals surface area contributed by atoms with Gasteiger partial charge in [-0.15, -0.1) is 0 Å². The first-order chi connectivity index (χ1) is 6.97. The Bertz CT molecular complexity index is 363. The third kappa shape index (κ3) is 4.98. The molecule has 0 N–H and O–H groups in total. The first kappa shape index (κ1) is 14.2. The fourth-order valence-electron chi connectivity index (χ4n) is 0.912. The molecule has 1 rings (SSSR count). The van der Waals surface area contributed by atoms with Crippen molar-refractivity contribution in [1.82, 2.24) is 0 Å². The molecule has 3 heteroatoms. The molecule has 0 aliphatic heterocycles. The lowest BCUT2D eigenvalue weighted by Gasteiger charge is -2.00. The number of hydrogen-bond donors (Lipinski definition) is 0. The highest BCUT2D eigenvalue weighted by atomic mass is 32.2. The maximum atomic E-state index is 11.3. The molecule has 0 unspecified atom stereocenters. The summed E-state index contributed by atoms with van der Waals surface area (Å²) in [7, 11) is -3.01. The van der Waals surface area contributed by atoms with Crippen LogP contribution in [0, 0.1) is 6.92 Å². The van der Waals surface area contributed by atoms with Gasteiger partial charge in [0.15, 0.2) is 9.84 Å². The van der Waals surface area contributed by atoms with Crippen LogP contribution in [0.25, 0.3) is 0 Å². The molecule has 0 fully saturated rings. The van der Waals surface area contributed by atoms with Crippen LogP contribution in [0.4, 0.5) is 0 Å². The monoisotopic (exact) mass is 228 g/mol. The fraction of sp³-hybridized carbons (Fsp3) is 0.500. The standard InChI is InChI=1S/C9H12O2S.C3H8/c1-3-12(10,11)9-6-4-8(2)5-7-9;1-3-2/h4-7H,3H2,1-2H3;3H2,1-2H3. The summed E-state index contributed by atoms with van der Waals surface area (Å²) in [6.45, 7) is 7.83. The average molecular weight is 228 g/mol. The molecule has 0 spiro atoms. The second-order valence-electron chi connectivity index (χ2n) is 3.42. The molecule has 1 aromatic carbocycles. The quantitative estimate of drug-likeness (QED) is 0.779. The van der Waals surface area contributed by atoms with E-state index in [2.05, 4.69) is 13.8 Å². The molecule has 0 saturated carbocycles. The fourth-order valence-corrected chi connectivity index (χ4v) is 1.80. The van der Waals surface area contributed by atoms with Gasteiger partial charge in [0.25, 0.3) is 0 Å². The lowest BCUT2D eigenvalue weighted by atomic mass is 10.2. The first-order valence-corrected chi connectivity index (χ1v) is 6.92. The van der Waals surface area contributed by atoms with Gasteiger partial charge in [-0.1, -0.05) is 44.9 Å². The van der Waals surface area contributed by atoms with E-state index in [0.717, 1.165) is 5.56 Å². The van der Waals surface area contributed by atoms with E-state index in [4.69, 9.17) is 0 Å². The molecule has 86 valence electrons. The van der Waals surface area contributed by atoms with Crippen LogP contribution in [0.2, 0.25) is 0 Å².